The van der Waals surface area contributed by atoms with Gasteiger partial charge in [0.1, 0.15) is 0 Å². The highest BCUT2D eigenvalue weighted by Gasteiger charge is 2.32. The molecule has 1 aromatic carbocycles. The molecule has 21 heavy (non-hydrogen) atoms. The van der Waals surface area contributed by atoms with Gasteiger partial charge in [-0.2, -0.15) is 0 Å². The monoisotopic (exact) mass is 299 g/mol. The van der Waals surface area contributed by atoms with Crippen molar-refractivity contribution in [2.24, 2.45) is 0 Å². The molecule has 2 nitrogen and oxygen atoms in total. The molecule has 0 N–H and O–H groups in total. The van der Waals surface area contributed by atoms with Gasteiger partial charge in [-0.15, -0.1) is 11.3 Å². The molecule has 1 aliphatic rings. The van der Waals surface area contributed by atoms with Crippen molar-refractivity contribution < 1.29 is 4.79 Å². The molecule has 0 radical (unpaired) electrons. The lowest BCUT2D eigenvalue weighted by atomic mass is 10.1. The average Bonchev–Trinajstić information content (AvgIpc) is 3.13. The fraction of sp³-hybridized carbons (Fsp3) is 0.389. The van der Waals surface area contributed by atoms with Gasteiger partial charge in [0.2, 0.25) is 0 Å². The molecule has 0 saturated heterocycles. The van der Waals surface area contributed by atoms with Gasteiger partial charge >= 0.3 is 0 Å². The normalized spacial score (nSPS) is 14.2. The number of benzene rings is 1. The first-order valence-electron chi connectivity index (χ1n) is 7.55. The van der Waals surface area contributed by atoms with Crippen LogP contribution in [0.15, 0.2) is 35.7 Å². The second kappa shape index (κ2) is 6.02. The van der Waals surface area contributed by atoms with Crippen LogP contribution >= 0.6 is 11.3 Å². The van der Waals surface area contributed by atoms with Crippen molar-refractivity contribution in [2.45, 2.75) is 39.2 Å². The minimum absolute atomic E-state index is 0.195. The number of thiophene rings is 1. The Hall–Kier alpha value is -1.61. The average molecular weight is 299 g/mol. The highest BCUT2D eigenvalue weighted by Crippen LogP contribution is 2.29. The van der Waals surface area contributed by atoms with Gasteiger partial charge in [0.15, 0.2) is 0 Å². The topological polar surface area (TPSA) is 20.3 Å². The first kappa shape index (κ1) is 14.3. The molecule has 110 valence electrons. The van der Waals surface area contributed by atoms with Crippen LogP contribution in [-0.2, 0) is 6.42 Å². The van der Waals surface area contributed by atoms with Crippen molar-refractivity contribution in [3.63, 3.8) is 0 Å². The summed E-state index contributed by atoms with van der Waals surface area (Å²) in [6.45, 7) is 4.94. The van der Waals surface area contributed by atoms with Gasteiger partial charge in [-0.3, -0.25) is 4.79 Å². The first-order valence-corrected chi connectivity index (χ1v) is 8.43. The molecule has 1 fully saturated rings. The fourth-order valence-corrected chi connectivity index (χ4v) is 3.48. The fourth-order valence-electron chi connectivity index (χ4n) is 2.79. The summed E-state index contributed by atoms with van der Waals surface area (Å²) in [4.78, 5) is 16.3. The van der Waals surface area contributed by atoms with Gasteiger partial charge in [-0.05, 0) is 56.7 Å². The van der Waals surface area contributed by atoms with E-state index in [0.717, 1.165) is 42.5 Å². The molecule has 0 bridgehead atoms. The van der Waals surface area contributed by atoms with Crippen LogP contribution in [0.5, 0.6) is 0 Å². The van der Waals surface area contributed by atoms with E-state index in [1.54, 1.807) is 11.3 Å². The zero-order valence-corrected chi connectivity index (χ0v) is 13.5. The molecule has 0 atom stereocenters. The maximum atomic E-state index is 12.8. The second-order valence-electron chi connectivity index (χ2n) is 5.94. The number of rotatable bonds is 5. The van der Waals surface area contributed by atoms with Crippen LogP contribution in [-0.4, -0.2) is 23.4 Å². The van der Waals surface area contributed by atoms with E-state index in [2.05, 4.69) is 42.3 Å². The predicted octanol–water partition coefficient (Wildman–Crippen LogP) is 4.21. The molecule has 0 aliphatic heterocycles. The van der Waals surface area contributed by atoms with Gasteiger partial charge < -0.3 is 4.90 Å². The van der Waals surface area contributed by atoms with E-state index >= 15 is 0 Å². The molecule has 0 unspecified atom stereocenters. The quantitative estimate of drug-likeness (QED) is 0.810. The molecule has 3 rings (SSSR count). The lowest BCUT2D eigenvalue weighted by Crippen LogP contribution is -2.34. The van der Waals surface area contributed by atoms with E-state index in [9.17, 15) is 4.79 Å². The number of hydrogen-bond donors (Lipinski definition) is 0. The number of aryl methyl sites for hydroxylation is 2. The van der Waals surface area contributed by atoms with Crippen molar-refractivity contribution in [1.29, 1.82) is 0 Å². The zero-order valence-electron chi connectivity index (χ0n) is 12.6. The Morgan fingerprint density at radius 2 is 1.95 bits per heavy atom. The molecule has 1 saturated carbocycles. The molecule has 1 aliphatic carbocycles. The lowest BCUT2D eigenvalue weighted by molar-refractivity contribution is 0.0745. The minimum atomic E-state index is 0.195. The third-order valence-electron chi connectivity index (χ3n) is 3.90. The highest BCUT2D eigenvalue weighted by molar-refractivity contribution is 7.09. The summed E-state index contributed by atoms with van der Waals surface area (Å²) in [5.74, 6) is 0.195. The third-order valence-corrected chi connectivity index (χ3v) is 4.83. The van der Waals surface area contributed by atoms with Crippen LogP contribution in [0.25, 0.3) is 0 Å². The maximum Gasteiger partial charge on any atom is 0.254 e. The maximum absolute atomic E-state index is 12.8. The van der Waals surface area contributed by atoms with Crippen molar-refractivity contribution >= 4 is 17.2 Å². The summed E-state index contributed by atoms with van der Waals surface area (Å²) in [6.07, 6.45) is 3.27. The lowest BCUT2D eigenvalue weighted by Gasteiger charge is -2.22. The Kier molecular flexibility index (Phi) is 4.11. The van der Waals surface area contributed by atoms with Gasteiger partial charge in [-0.25, -0.2) is 0 Å². The Bertz CT molecular complexity index is 608. The molecule has 1 aromatic heterocycles. The van der Waals surface area contributed by atoms with E-state index in [0.29, 0.717) is 6.04 Å². The van der Waals surface area contributed by atoms with Crippen LogP contribution in [0.1, 0.15) is 39.2 Å². The van der Waals surface area contributed by atoms with E-state index in [1.807, 2.05) is 12.1 Å². The molecular weight excluding hydrogens is 278 g/mol. The predicted molar refractivity (Wildman–Crippen MR) is 88.0 cm³/mol. The number of carbonyl (C=O) groups excluding carboxylic acids is 1. The minimum Gasteiger partial charge on any atom is -0.335 e. The molecule has 2 aromatic rings. The summed E-state index contributed by atoms with van der Waals surface area (Å²) in [6, 6.07) is 10.8. The molecule has 3 heteroatoms. The van der Waals surface area contributed by atoms with Gasteiger partial charge in [0.05, 0.1) is 0 Å². The Morgan fingerprint density at radius 3 is 2.52 bits per heavy atom. The number of amides is 1. The molecule has 1 heterocycles. The highest BCUT2D eigenvalue weighted by atomic mass is 32.1. The van der Waals surface area contributed by atoms with E-state index in [-0.39, 0.29) is 5.91 Å². The van der Waals surface area contributed by atoms with Crippen LogP contribution in [0.2, 0.25) is 0 Å². The van der Waals surface area contributed by atoms with Crippen molar-refractivity contribution in [2.75, 3.05) is 6.54 Å². The number of nitrogens with zero attached hydrogens (tertiary/aromatic N) is 1. The zero-order chi connectivity index (χ0) is 14.8. The van der Waals surface area contributed by atoms with Crippen LogP contribution < -0.4 is 0 Å². The van der Waals surface area contributed by atoms with Crippen molar-refractivity contribution in [3.8, 4) is 0 Å². The summed E-state index contributed by atoms with van der Waals surface area (Å²) in [5.41, 5.74) is 3.16. The summed E-state index contributed by atoms with van der Waals surface area (Å²) < 4.78 is 0. The van der Waals surface area contributed by atoms with Crippen molar-refractivity contribution in [3.05, 3.63) is 57.3 Å². The van der Waals surface area contributed by atoms with E-state index in [1.165, 1.54) is 4.88 Å². The summed E-state index contributed by atoms with van der Waals surface area (Å²) >= 11 is 1.77. The van der Waals surface area contributed by atoms with Crippen LogP contribution in [0.3, 0.4) is 0 Å². The number of carbonyl (C=O) groups is 1. The standard InChI is InChI=1S/C18H21NOS/c1-13-10-14(2)12-15(11-13)18(20)19(16-5-6-16)8-7-17-4-3-9-21-17/h3-4,9-12,16H,5-8H2,1-2H3. The second-order valence-corrected chi connectivity index (χ2v) is 6.97. The SMILES string of the molecule is Cc1cc(C)cc(C(=O)N(CCc2cccs2)C2CC2)c1. The molecule has 0 spiro atoms. The Labute approximate surface area is 130 Å². The van der Waals surface area contributed by atoms with Crippen LogP contribution in [0, 0.1) is 13.8 Å². The van der Waals surface area contributed by atoms with Gasteiger partial charge in [0, 0.05) is 23.0 Å². The number of hydrogen-bond acceptors (Lipinski definition) is 2. The summed E-state index contributed by atoms with van der Waals surface area (Å²) in [5, 5.41) is 2.10. The van der Waals surface area contributed by atoms with E-state index < -0.39 is 0 Å². The molecule has 1 amide bonds. The Morgan fingerprint density at radius 1 is 1.24 bits per heavy atom. The largest absolute Gasteiger partial charge is 0.335 e. The smallest absolute Gasteiger partial charge is 0.254 e. The van der Waals surface area contributed by atoms with Crippen LogP contribution in [0.4, 0.5) is 0 Å². The summed E-state index contributed by atoms with van der Waals surface area (Å²) in [7, 11) is 0. The third kappa shape index (κ3) is 3.53. The van der Waals surface area contributed by atoms with Gasteiger partial charge in [0.25, 0.3) is 5.91 Å². The molecular formula is C18H21NOS. The Balaban J connectivity index is 1.75. The van der Waals surface area contributed by atoms with Gasteiger partial charge in [-0.1, -0.05) is 23.3 Å². The van der Waals surface area contributed by atoms with Crippen molar-refractivity contribution in [1.82, 2.24) is 4.90 Å². The first-order chi connectivity index (χ1) is 10.1. The van der Waals surface area contributed by atoms with E-state index in [4.69, 9.17) is 0 Å².